The van der Waals surface area contributed by atoms with Crippen LogP contribution in [0.15, 0.2) is 42.9 Å². The molecular weight excluding hydrogens is 302 g/mol. The van der Waals surface area contributed by atoms with Crippen molar-refractivity contribution in [2.24, 2.45) is 13.0 Å². The fourth-order valence-corrected chi connectivity index (χ4v) is 2.95. The third-order valence-electron chi connectivity index (χ3n) is 4.34. The van der Waals surface area contributed by atoms with E-state index in [0.29, 0.717) is 18.9 Å². The van der Waals surface area contributed by atoms with Crippen molar-refractivity contribution < 1.29 is 4.79 Å². The van der Waals surface area contributed by atoms with E-state index < -0.39 is 0 Å². The Kier molecular flexibility index (Phi) is 4.64. The highest BCUT2D eigenvalue weighted by molar-refractivity contribution is 5.89. The molecule has 0 bridgehead atoms. The number of carbonyl (C=O) groups excluding carboxylic acids is 1. The number of fused-ring (bicyclic) bond motifs is 1. The van der Waals surface area contributed by atoms with Crippen LogP contribution in [0.5, 0.6) is 0 Å². The molecule has 6 heteroatoms. The molecule has 1 N–H and O–H groups in total. The van der Waals surface area contributed by atoms with Gasteiger partial charge >= 0.3 is 0 Å². The maximum atomic E-state index is 12.5. The highest BCUT2D eigenvalue weighted by Gasteiger charge is 2.18. The Hall–Kier alpha value is -2.63. The van der Waals surface area contributed by atoms with Crippen molar-refractivity contribution in [2.45, 2.75) is 32.9 Å². The Morgan fingerprint density at radius 2 is 2.08 bits per heavy atom. The smallest absolute Gasteiger partial charge is 0.224 e. The van der Waals surface area contributed by atoms with E-state index in [1.165, 1.54) is 0 Å². The molecule has 6 nitrogen and oxygen atoms in total. The second-order valence-corrected chi connectivity index (χ2v) is 6.50. The normalized spacial score (nSPS) is 12.7. The summed E-state index contributed by atoms with van der Waals surface area (Å²) in [7, 11) is 2.01. The van der Waals surface area contributed by atoms with Crippen LogP contribution in [0, 0.1) is 5.92 Å². The number of hydrogen-bond acceptors (Lipinski definition) is 3. The summed E-state index contributed by atoms with van der Waals surface area (Å²) < 4.78 is 3.82. The molecule has 0 saturated heterocycles. The molecule has 2 heterocycles. The number of rotatable bonds is 6. The van der Waals surface area contributed by atoms with E-state index >= 15 is 0 Å². The fourth-order valence-electron chi connectivity index (χ4n) is 2.95. The third-order valence-corrected chi connectivity index (χ3v) is 4.34. The largest absolute Gasteiger partial charge is 0.351 e. The lowest BCUT2D eigenvalue weighted by Crippen LogP contribution is -2.42. The van der Waals surface area contributed by atoms with Gasteiger partial charge in [0.05, 0.1) is 25.2 Å². The van der Waals surface area contributed by atoms with Gasteiger partial charge in [0.25, 0.3) is 0 Å². The lowest BCUT2D eigenvalue weighted by Gasteiger charge is -2.22. The van der Waals surface area contributed by atoms with E-state index in [0.717, 1.165) is 16.5 Å². The fraction of sp³-hybridized carbons (Fsp3) is 0.389. The molecular formula is C18H23N5O. The maximum absolute atomic E-state index is 12.5. The lowest BCUT2D eigenvalue weighted by molar-refractivity contribution is -0.121. The Balaban J connectivity index is 1.71. The van der Waals surface area contributed by atoms with Crippen molar-refractivity contribution in [1.29, 1.82) is 0 Å². The zero-order chi connectivity index (χ0) is 17.1. The molecule has 0 radical (unpaired) electrons. The third kappa shape index (κ3) is 3.48. The summed E-state index contributed by atoms with van der Waals surface area (Å²) in [6.45, 7) is 4.82. The molecule has 3 rings (SSSR count). The average Bonchev–Trinajstić information content (AvgIpc) is 3.16. The molecule has 126 valence electrons. The summed E-state index contributed by atoms with van der Waals surface area (Å²) in [5, 5.41) is 12.1. The van der Waals surface area contributed by atoms with E-state index in [2.05, 4.69) is 46.2 Å². The van der Waals surface area contributed by atoms with Crippen molar-refractivity contribution in [3.05, 3.63) is 48.4 Å². The van der Waals surface area contributed by atoms with Crippen LogP contribution in [-0.2, 0) is 24.8 Å². The van der Waals surface area contributed by atoms with E-state index in [1.807, 2.05) is 31.6 Å². The number of nitrogens with one attached hydrogen (secondary N) is 1. The van der Waals surface area contributed by atoms with Gasteiger partial charge in [-0.05, 0) is 17.5 Å². The lowest BCUT2D eigenvalue weighted by atomic mass is 10.0. The molecule has 24 heavy (non-hydrogen) atoms. The SMILES string of the molecule is CC(C)C(Cn1ccnn1)NC(=O)Cc1cn(C)c2ccccc12. The van der Waals surface area contributed by atoms with Crippen molar-refractivity contribution in [2.75, 3.05) is 0 Å². The van der Waals surface area contributed by atoms with Gasteiger partial charge in [-0.25, -0.2) is 0 Å². The molecule has 0 aliphatic heterocycles. The molecule has 1 unspecified atom stereocenters. The topological polar surface area (TPSA) is 64.7 Å². The number of aromatic nitrogens is 4. The van der Waals surface area contributed by atoms with Crippen LogP contribution < -0.4 is 5.32 Å². The summed E-state index contributed by atoms with van der Waals surface area (Å²) in [4.78, 5) is 12.5. The van der Waals surface area contributed by atoms with Crippen LogP contribution in [0.1, 0.15) is 19.4 Å². The van der Waals surface area contributed by atoms with Gasteiger partial charge in [-0.15, -0.1) is 5.10 Å². The molecule has 0 aliphatic rings. The number of amides is 1. The minimum atomic E-state index is 0.0224. The highest BCUT2D eigenvalue weighted by atomic mass is 16.1. The summed E-state index contributed by atoms with van der Waals surface area (Å²) in [5.74, 6) is 0.343. The minimum absolute atomic E-state index is 0.0224. The molecule has 3 aromatic rings. The predicted octanol–water partition coefficient (Wildman–Crippen LogP) is 2.15. The Bertz CT molecular complexity index is 819. The van der Waals surface area contributed by atoms with Crippen LogP contribution in [-0.4, -0.2) is 31.5 Å². The van der Waals surface area contributed by atoms with Crippen LogP contribution in [0.25, 0.3) is 10.9 Å². The molecule has 2 aromatic heterocycles. The number of aryl methyl sites for hydroxylation is 1. The van der Waals surface area contributed by atoms with Gasteiger partial charge in [0, 0.05) is 30.3 Å². The first-order chi connectivity index (χ1) is 11.5. The first kappa shape index (κ1) is 16.2. The monoisotopic (exact) mass is 325 g/mol. The Labute approximate surface area is 141 Å². The van der Waals surface area contributed by atoms with Crippen LogP contribution in [0.4, 0.5) is 0 Å². The van der Waals surface area contributed by atoms with Gasteiger partial charge in [-0.3, -0.25) is 9.48 Å². The van der Waals surface area contributed by atoms with Crippen molar-refractivity contribution in [3.8, 4) is 0 Å². The predicted molar refractivity (Wildman–Crippen MR) is 93.4 cm³/mol. The number of carbonyl (C=O) groups is 1. The first-order valence-corrected chi connectivity index (χ1v) is 8.21. The van der Waals surface area contributed by atoms with Gasteiger partial charge in [-0.1, -0.05) is 37.3 Å². The standard InChI is InChI=1S/C18H23N5O/c1-13(2)16(12-23-9-8-19-21-23)20-18(24)10-14-11-22(3)17-7-5-4-6-15(14)17/h4-9,11,13,16H,10,12H2,1-3H3,(H,20,24). The zero-order valence-corrected chi connectivity index (χ0v) is 14.3. The average molecular weight is 325 g/mol. The molecule has 1 amide bonds. The molecule has 0 fully saturated rings. The van der Waals surface area contributed by atoms with E-state index in [1.54, 1.807) is 10.9 Å². The number of para-hydroxylation sites is 1. The van der Waals surface area contributed by atoms with Crippen LogP contribution in [0.2, 0.25) is 0 Å². The Morgan fingerprint density at radius 1 is 1.29 bits per heavy atom. The molecule has 0 aliphatic carbocycles. The van der Waals surface area contributed by atoms with Gasteiger partial charge in [0.15, 0.2) is 0 Å². The summed E-state index contributed by atoms with van der Waals surface area (Å²) in [5.41, 5.74) is 2.19. The van der Waals surface area contributed by atoms with Gasteiger partial charge in [0.1, 0.15) is 0 Å². The van der Waals surface area contributed by atoms with E-state index in [-0.39, 0.29) is 11.9 Å². The minimum Gasteiger partial charge on any atom is -0.351 e. The maximum Gasteiger partial charge on any atom is 0.224 e. The van der Waals surface area contributed by atoms with E-state index in [9.17, 15) is 4.79 Å². The number of benzene rings is 1. The molecule has 1 atom stereocenters. The quantitative estimate of drug-likeness (QED) is 0.755. The van der Waals surface area contributed by atoms with Gasteiger partial charge in [-0.2, -0.15) is 0 Å². The van der Waals surface area contributed by atoms with Gasteiger partial charge < -0.3 is 9.88 Å². The summed E-state index contributed by atoms with van der Waals surface area (Å²) in [6, 6.07) is 8.17. The second kappa shape index (κ2) is 6.86. The second-order valence-electron chi connectivity index (χ2n) is 6.50. The van der Waals surface area contributed by atoms with Crippen molar-refractivity contribution >= 4 is 16.8 Å². The number of hydrogen-bond donors (Lipinski definition) is 1. The van der Waals surface area contributed by atoms with Crippen LogP contribution >= 0.6 is 0 Å². The van der Waals surface area contributed by atoms with Gasteiger partial charge in [0.2, 0.25) is 5.91 Å². The zero-order valence-electron chi connectivity index (χ0n) is 14.3. The van der Waals surface area contributed by atoms with Crippen molar-refractivity contribution in [1.82, 2.24) is 24.9 Å². The Morgan fingerprint density at radius 3 is 2.79 bits per heavy atom. The molecule has 0 spiro atoms. The van der Waals surface area contributed by atoms with Crippen molar-refractivity contribution in [3.63, 3.8) is 0 Å². The summed E-state index contributed by atoms with van der Waals surface area (Å²) >= 11 is 0. The highest BCUT2D eigenvalue weighted by Crippen LogP contribution is 2.20. The first-order valence-electron chi connectivity index (χ1n) is 8.21. The van der Waals surface area contributed by atoms with E-state index in [4.69, 9.17) is 0 Å². The summed E-state index contributed by atoms with van der Waals surface area (Å²) in [6.07, 6.45) is 5.87. The van der Waals surface area contributed by atoms with Crippen LogP contribution in [0.3, 0.4) is 0 Å². The molecule has 0 saturated carbocycles. The number of nitrogens with zero attached hydrogens (tertiary/aromatic N) is 4. The molecule has 1 aromatic carbocycles.